The molecule has 0 spiro atoms. The van der Waals surface area contributed by atoms with Gasteiger partial charge in [0.2, 0.25) is 5.78 Å². The summed E-state index contributed by atoms with van der Waals surface area (Å²) >= 11 is 6.87. The van der Waals surface area contributed by atoms with E-state index in [-0.39, 0.29) is 10.5 Å². The van der Waals surface area contributed by atoms with Gasteiger partial charge in [-0.15, -0.1) is 0 Å². The fraction of sp³-hybridized carbons (Fsp3) is 0.0370. The summed E-state index contributed by atoms with van der Waals surface area (Å²) in [5.41, 5.74) is -0.105. The number of rotatable bonds is 9. The zero-order valence-corrected chi connectivity index (χ0v) is 20.9. The van der Waals surface area contributed by atoms with Gasteiger partial charge >= 0.3 is 5.97 Å². The average molecular weight is 549 g/mol. The molecule has 38 heavy (non-hydrogen) atoms. The van der Waals surface area contributed by atoms with Gasteiger partial charge in [0.05, 0.1) is 26.4 Å². The molecule has 1 atom stereocenters. The second-order valence-corrected chi connectivity index (χ2v) is 9.35. The highest BCUT2D eigenvalue weighted by Crippen LogP contribution is 2.39. The minimum Gasteiger partial charge on any atom is -0.445 e. The summed E-state index contributed by atoms with van der Waals surface area (Å²) in [6, 6.07) is 24.2. The van der Waals surface area contributed by atoms with E-state index in [0.29, 0.717) is 21.0 Å². The van der Waals surface area contributed by atoms with Crippen LogP contribution in [0.25, 0.3) is 0 Å². The number of ether oxygens (including phenoxy) is 1. The van der Waals surface area contributed by atoms with Crippen molar-refractivity contribution in [3.8, 4) is 0 Å². The maximum atomic E-state index is 13.4. The van der Waals surface area contributed by atoms with E-state index < -0.39 is 39.1 Å². The lowest BCUT2D eigenvalue weighted by Gasteiger charge is -2.18. The number of benzene rings is 4. The molecule has 4 rings (SSSR count). The van der Waals surface area contributed by atoms with E-state index in [1.54, 1.807) is 72.8 Å². The number of esters is 1. The van der Waals surface area contributed by atoms with Crippen LogP contribution in [0.2, 0.25) is 5.02 Å². The van der Waals surface area contributed by atoms with Gasteiger partial charge in [0.25, 0.3) is 11.4 Å². The van der Waals surface area contributed by atoms with Gasteiger partial charge in [0, 0.05) is 27.1 Å². The van der Waals surface area contributed by atoms with Crippen LogP contribution in [0.3, 0.4) is 0 Å². The second kappa shape index (κ2) is 11.7. The van der Waals surface area contributed by atoms with Crippen molar-refractivity contribution in [1.29, 1.82) is 0 Å². The van der Waals surface area contributed by atoms with Crippen molar-refractivity contribution in [2.45, 2.75) is 15.9 Å². The van der Waals surface area contributed by atoms with E-state index in [2.05, 4.69) is 0 Å². The molecule has 0 saturated carbocycles. The topological polar surface area (TPSA) is 130 Å². The predicted molar refractivity (Wildman–Crippen MR) is 141 cm³/mol. The Morgan fingerprint density at radius 3 is 2.11 bits per heavy atom. The number of carbonyl (C=O) groups is 2. The highest BCUT2D eigenvalue weighted by Gasteiger charge is 2.28. The quantitative estimate of drug-likeness (QED) is 0.0937. The van der Waals surface area contributed by atoms with Gasteiger partial charge in [-0.05, 0) is 30.3 Å². The molecule has 0 heterocycles. The molecule has 0 bridgehead atoms. The molecule has 0 radical (unpaired) electrons. The van der Waals surface area contributed by atoms with Crippen molar-refractivity contribution >= 4 is 46.5 Å². The van der Waals surface area contributed by atoms with Crippen LogP contribution in [0.1, 0.15) is 32.4 Å². The molecule has 0 amide bonds. The Morgan fingerprint density at radius 2 is 1.45 bits per heavy atom. The van der Waals surface area contributed by atoms with Gasteiger partial charge in [-0.3, -0.25) is 25.0 Å². The fourth-order valence-corrected chi connectivity index (χ4v) is 4.67. The maximum absolute atomic E-state index is 13.4. The summed E-state index contributed by atoms with van der Waals surface area (Å²) in [5.74, 6) is -1.28. The van der Waals surface area contributed by atoms with Crippen molar-refractivity contribution in [2.75, 3.05) is 0 Å². The van der Waals surface area contributed by atoms with Crippen LogP contribution in [0.5, 0.6) is 0 Å². The molecule has 0 fully saturated rings. The zero-order chi connectivity index (χ0) is 27.2. The lowest BCUT2D eigenvalue weighted by Crippen LogP contribution is -2.20. The van der Waals surface area contributed by atoms with E-state index in [1.165, 1.54) is 12.1 Å². The Balaban J connectivity index is 1.68. The Labute approximate surface area is 225 Å². The van der Waals surface area contributed by atoms with Crippen LogP contribution in [-0.4, -0.2) is 21.6 Å². The molecule has 0 unspecified atom stereocenters. The lowest BCUT2D eigenvalue weighted by molar-refractivity contribution is -0.396. The summed E-state index contributed by atoms with van der Waals surface area (Å²) in [6.07, 6.45) is -1.28. The molecular weight excluding hydrogens is 532 g/mol. The molecule has 11 heteroatoms. The molecule has 0 aliphatic carbocycles. The number of hydrogen-bond donors (Lipinski definition) is 0. The fourth-order valence-electron chi connectivity index (χ4n) is 3.53. The smallest absolute Gasteiger partial charge is 0.340 e. The van der Waals surface area contributed by atoms with Crippen molar-refractivity contribution in [1.82, 2.24) is 0 Å². The van der Waals surface area contributed by atoms with E-state index in [0.717, 1.165) is 23.9 Å². The number of ketones is 1. The molecule has 0 aliphatic rings. The SMILES string of the molecule is O=C(O[C@@H](C(=O)c1ccccc1)c1ccc(Cl)cc1)c1ccccc1Sc1ccc([N+](=O)[O-])cc1[N+](=O)[O-]. The molecule has 4 aromatic carbocycles. The van der Waals surface area contributed by atoms with Crippen LogP contribution in [0.4, 0.5) is 11.4 Å². The third-order valence-corrected chi connectivity index (χ3v) is 6.76. The van der Waals surface area contributed by atoms with Crippen LogP contribution in [0.15, 0.2) is 107 Å². The molecule has 0 aliphatic heterocycles. The number of nitro groups is 2. The van der Waals surface area contributed by atoms with E-state index in [9.17, 15) is 29.8 Å². The molecular formula is C27H17ClN2O7S. The van der Waals surface area contributed by atoms with Crippen molar-refractivity contribution in [3.63, 3.8) is 0 Å². The van der Waals surface area contributed by atoms with Gasteiger partial charge in [0.15, 0.2) is 6.10 Å². The molecule has 4 aromatic rings. The summed E-state index contributed by atoms with van der Waals surface area (Å²) in [5, 5.41) is 23.1. The van der Waals surface area contributed by atoms with E-state index in [4.69, 9.17) is 16.3 Å². The van der Waals surface area contributed by atoms with Gasteiger partial charge < -0.3 is 4.74 Å². The van der Waals surface area contributed by atoms with E-state index in [1.807, 2.05) is 0 Å². The highest BCUT2D eigenvalue weighted by molar-refractivity contribution is 7.99. The Bertz CT molecular complexity index is 1530. The van der Waals surface area contributed by atoms with Crippen molar-refractivity contribution in [2.24, 2.45) is 0 Å². The number of halogens is 1. The number of carbonyl (C=O) groups excluding carboxylic acids is 2. The molecule has 9 nitrogen and oxygen atoms in total. The number of Topliss-reactive ketones (excluding diaryl/α,β-unsaturated/α-hetero) is 1. The van der Waals surface area contributed by atoms with Gasteiger partial charge in [-0.2, -0.15) is 0 Å². The number of nitro benzene ring substituents is 2. The molecule has 190 valence electrons. The first-order valence-corrected chi connectivity index (χ1v) is 12.2. The van der Waals surface area contributed by atoms with Gasteiger partial charge in [-0.1, -0.05) is 78.0 Å². The Kier molecular flexibility index (Phi) is 8.15. The second-order valence-electron chi connectivity index (χ2n) is 7.83. The monoisotopic (exact) mass is 548 g/mol. The average Bonchev–Trinajstić information content (AvgIpc) is 2.92. The first-order valence-electron chi connectivity index (χ1n) is 11.0. The van der Waals surface area contributed by atoms with E-state index >= 15 is 0 Å². The van der Waals surface area contributed by atoms with Gasteiger partial charge in [-0.25, -0.2) is 4.79 Å². The predicted octanol–water partition coefficient (Wildman–Crippen LogP) is 7.09. The lowest BCUT2D eigenvalue weighted by atomic mass is 9.99. The van der Waals surface area contributed by atoms with Gasteiger partial charge in [0.1, 0.15) is 0 Å². The van der Waals surface area contributed by atoms with Crippen LogP contribution in [0, 0.1) is 20.2 Å². The summed E-state index contributed by atoms with van der Waals surface area (Å²) in [6.45, 7) is 0. The standard InChI is InChI=1S/C27H17ClN2O7S/c28-19-12-10-18(11-13-19)26(25(31)17-6-2-1-3-7-17)37-27(32)21-8-4-5-9-23(21)38-24-15-14-20(29(33)34)16-22(24)30(35)36/h1-16,26H/t26-/m1/s1. The van der Waals surface area contributed by atoms with Crippen LogP contribution >= 0.6 is 23.4 Å². The summed E-state index contributed by atoms with van der Waals surface area (Å²) in [4.78, 5) is 48.3. The molecule has 0 aromatic heterocycles. The molecule has 0 N–H and O–H groups in total. The normalized spacial score (nSPS) is 11.4. The van der Waals surface area contributed by atoms with Crippen molar-refractivity contribution in [3.05, 3.63) is 139 Å². The maximum Gasteiger partial charge on any atom is 0.340 e. The van der Waals surface area contributed by atoms with Crippen LogP contribution < -0.4 is 0 Å². The Hall–Kier alpha value is -4.54. The minimum absolute atomic E-state index is 0.0602. The van der Waals surface area contributed by atoms with Crippen LogP contribution in [-0.2, 0) is 4.74 Å². The third-order valence-electron chi connectivity index (χ3n) is 5.37. The summed E-state index contributed by atoms with van der Waals surface area (Å²) < 4.78 is 5.72. The summed E-state index contributed by atoms with van der Waals surface area (Å²) in [7, 11) is 0. The number of hydrogen-bond acceptors (Lipinski definition) is 8. The number of non-ortho nitro benzene ring substituents is 1. The van der Waals surface area contributed by atoms with Crippen molar-refractivity contribution < 1.29 is 24.2 Å². The first kappa shape index (κ1) is 26.5. The third kappa shape index (κ3) is 6.05. The minimum atomic E-state index is -1.28. The largest absolute Gasteiger partial charge is 0.445 e. The number of nitrogens with zero attached hydrogens (tertiary/aromatic N) is 2. The molecule has 0 saturated heterocycles. The Morgan fingerprint density at radius 1 is 0.789 bits per heavy atom. The first-order chi connectivity index (χ1) is 18.2. The zero-order valence-electron chi connectivity index (χ0n) is 19.4. The highest BCUT2D eigenvalue weighted by atomic mass is 35.5.